The fourth-order valence-corrected chi connectivity index (χ4v) is 2.95. The molecule has 0 saturated carbocycles. The van der Waals surface area contributed by atoms with Crippen LogP contribution < -0.4 is 5.32 Å². The number of aryl methyl sites for hydroxylation is 1. The van der Waals surface area contributed by atoms with Crippen LogP contribution in [0.2, 0.25) is 5.02 Å². The van der Waals surface area contributed by atoms with Crippen LogP contribution in [-0.4, -0.2) is 26.8 Å². The molecule has 136 valence electrons. The van der Waals surface area contributed by atoms with E-state index in [-0.39, 0.29) is 5.91 Å². The third kappa shape index (κ3) is 3.99. The molecule has 0 radical (unpaired) electrons. The minimum absolute atomic E-state index is 0.140. The van der Waals surface area contributed by atoms with Crippen molar-refractivity contribution in [2.75, 3.05) is 6.54 Å². The number of nitrogens with zero attached hydrogens (tertiary/aromatic N) is 3. The van der Waals surface area contributed by atoms with E-state index in [1.807, 2.05) is 48.1 Å². The molecule has 0 fully saturated rings. The number of aromatic nitrogens is 3. The van der Waals surface area contributed by atoms with Crippen molar-refractivity contribution in [2.45, 2.75) is 20.3 Å². The fraction of sp³-hybridized carbons (Fsp3) is 0.300. The second kappa shape index (κ2) is 7.79. The number of rotatable bonds is 6. The largest absolute Gasteiger partial charge is 0.351 e. The van der Waals surface area contributed by atoms with Crippen molar-refractivity contribution in [2.24, 2.45) is 13.0 Å². The van der Waals surface area contributed by atoms with Gasteiger partial charge in [-0.1, -0.05) is 31.5 Å². The summed E-state index contributed by atoms with van der Waals surface area (Å²) in [5.74, 6) is 0.394. The molecule has 0 atom stereocenters. The van der Waals surface area contributed by atoms with Gasteiger partial charge in [0.15, 0.2) is 0 Å². The summed E-state index contributed by atoms with van der Waals surface area (Å²) in [7, 11) is 1.95. The molecule has 0 bridgehead atoms. The van der Waals surface area contributed by atoms with Crippen LogP contribution in [0.4, 0.5) is 0 Å². The highest BCUT2D eigenvalue weighted by Crippen LogP contribution is 2.23. The van der Waals surface area contributed by atoms with Crippen molar-refractivity contribution in [3.05, 3.63) is 59.4 Å². The Kier molecular flexibility index (Phi) is 5.47. The molecule has 0 unspecified atom stereocenters. The minimum Gasteiger partial charge on any atom is -0.351 e. The van der Waals surface area contributed by atoms with E-state index in [0.29, 0.717) is 23.2 Å². The van der Waals surface area contributed by atoms with E-state index in [4.69, 9.17) is 11.6 Å². The first-order valence-corrected chi connectivity index (χ1v) is 9.09. The van der Waals surface area contributed by atoms with Crippen molar-refractivity contribution >= 4 is 17.5 Å². The Hall–Kier alpha value is -2.53. The summed E-state index contributed by atoms with van der Waals surface area (Å²) in [5, 5.41) is 8.26. The lowest BCUT2D eigenvalue weighted by Gasteiger charge is -2.09. The Bertz CT molecular complexity index is 910. The maximum atomic E-state index is 12.8. The maximum absolute atomic E-state index is 12.8. The Morgan fingerprint density at radius 1 is 1.23 bits per heavy atom. The number of amides is 1. The van der Waals surface area contributed by atoms with Crippen molar-refractivity contribution < 1.29 is 4.79 Å². The molecular formula is C20H23ClN4O. The summed E-state index contributed by atoms with van der Waals surface area (Å²) >= 11 is 6.13. The molecule has 0 spiro atoms. The third-order valence-electron chi connectivity index (χ3n) is 4.21. The van der Waals surface area contributed by atoms with Gasteiger partial charge in [-0.05, 0) is 48.7 Å². The van der Waals surface area contributed by atoms with E-state index >= 15 is 0 Å². The maximum Gasteiger partial charge on any atom is 0.270 e. The lowest BCUT2D eigenvalue weighted by molar-refractivity contribution is 0.0944. The number of halogens is 1. The summed E-state index contributed by atoms with van der Waals surface area (Å²) in [6, 6.07) is 13.1. The molecule has 3 aromatic rings. The van der Waals surface area contributed by atoms with E-state index in [1.54, 1.807) is 16.8 Å². The SMILES string of the molecule is CC(C)CCNC(=O)c1cc(-c2cccn2C)nn1-c1cccc(Cl)c1. The van der Waals surface area contributed by atoms with E-state index in [0.717, 1.165) is 23.5 Å². The number of nitrogens with one attached hydrogen (secondary N) is 1. The zero-order valence-corrected chi connectivity index (χ0v) is 16.0. The highest BCUT2D eigenvalue weighted by molar-refractivity contribution is 6.30. The normalized spacial score (nSPS) is 11.1. The molecule has 1 amide bonds. The summed E-state index contributed by atoms with van der Waals surface area (Å²) in [5.41, 5.74) is 2.94. The fourth-order valence-electron chi connectivity index (χ4n) is 2.76. The second-order valence-corrected chi connectivity index (χ2v) is 7.19. The van der Waals surface area contributed by atoms with Gasteiger partial charge in [0.1, 0.15) is 11.4 Å². The molecule has 0 aliphatic heterocycles. The first-order chi connectivity index (χ1) is 12.5. The molecule has 5 nitrogen and oxygen atoms in total. The molecule has 0 saturated heterocycles. The smallest absolute Gasteiger partial charge is 0.270 e. The van der Waals surface area contributed by atoms with Crippen molar-refractivity contribution in [3.63, 3.8) is 0 Å². The van der Waals surface area contributed by atoms with Gasteiger partial charge in [0.25, 0.3) is 5.91 Å². The highest BCUT2D eigenvalue weighted by atomic mass is 35.5. The number of carbonyl (C=O) groups excluding carboxylic acids is 1. The van der Waals surface area contributed by atoms with Crippen LogP contribution in [-0.2, 0) is 7.05 Å². The first-order valence-electron chi connectivity index (χ1n) is 8.71. The number of benzene rings is 1. The second-order valence-electron chi connectivity index (χ2n) is 6.75. The van der Waals surface area contributed by atoms with Gasteiger partial charge in [-0.25, -0.2) is 4.68 Å². The summed E-state index contributed by atoms with van der Waals surface area (Å²) in [6.45, 7) is 4.91. The van der Waals surface area contributed by atoms with E-state index in [2.05, 4.69) is 24.3 Å². The zero-order valence-electron chi connectivity index (χ0n) is 15.2. The quantitative estimate of drug-likeness (QED) is 0.703. The van der Waals surface area contributed by atoms with Crippen molar-refractivity contribution in [3.8, 4) is 17.1 Å². The van der Waals surface area contributed by atoms with Crippen molar-refractivity contribution in [1.82, 2.24) is 19.7 Å². The predicted molar refractivity (Wildman–Crippen MR) is 105 cm³/mol. The van der Waals surface area contributed by atoms with Gasteiger partial charge >= 0.3 is 0 Å². The van der Waals surface area contributed by atoms with Crippen LogP contribution in [0.1, 0.15) is 30.8 Å². The molecule has 2 aromatic heterocycles. The zero-order chi connectivity index (χ0) is 18.7. The summed E-state index contributed by atoms with van der Waals surface area (Å²) in [4.78, 5) is 12.8. The van der Waals surface area contributed by atoms with Crippen LogP contribution in [0.15, 0.2) is 48.7 Å². The van der Waals surface area contributed by atoms with Crippen LogP contribution in [0.5, 0.6) is 0 Å². The number of hydrogen-bond donors (Lipinski definition) is 1. The van der Waals surface area contributed by atoms with Gasteiger partial charge < -0.3 is 9.88 Å². The minimum atomic E-state index is -0.140. The summed E-state index contributed by atoms with van der Waals surface area (Å²) < 4.78 is 3.63. The molecule has 6 heteroatoms. The average Bonchev–Trinajstić information content (AvgIpc) is 3.20. The molecule has 0 aliphatic carbocycles. The third-order valence-corrected chi connectivity index (χ3v) is 4.44. The molecule has 26 heavy (non-hydrogen) atoms. The monoisotopic (exact) mass is 370 g/mol. The van der Waals surface area contributed by atoms with Crippen LogP contribution in [0.25, 0.3) is 17.1 Å². The van der Waals surface area contributed by atoms with Gasteiger partial charge in [-0.2, -0.15) is 5.10 Å². The van der Waals surface area contributed by atoms with Gasteiger partial charge in [0.05, 0.1) is 11.4 Å². The van der Waals surface area contributed by atoms with Gasteiger partial charge in [-0.3, -0.25) is 4.79 Å². The summed E-state index contributed by atoms with van der Waals surface area (Å²) in [6.07, 6.45) is 2.89. The van der Waals surface area contributed by atoms with Gasteiger partial charge in [-0.15, -0.1) is 0 Å². The molecule has 3 rings (SSSR count). The highest BCUT2D eigenvalue weighted by Gasteiger charge is 2.18. The van der Waals surface area contributed by atoms with E-state index in [1.165, 1.54) is 0 Å². The van der Waals surface area contributed by atoms with Crippen LogP contribution in [0.3, 0.4) is 0 Å². The lowest BCUT2D eigenvalue weighted by Crippen LogP contribution is -2.27. The topological polar surface area (TPSA) is 51.9 Å². The number of carbonyl (C=O) groups is 1. The van der Waals surface area contributed by atoms with Crippen LogP contribution >= 0.6 is 11.6 Å². The predicted octanol–water partition coefficient (Wildman–Crippen LogP) is 4.31. The molecule has 1 aromatic carbocycles. The molecular weight excluding hydrogens is 348 g/mol. The van der Waals surface area contributed by atoms with Crippen LogP contribution in [0, 0.1) is 5.92 Å². The number of hydrogen-bond acceptors (Lipinski definition) is 2. The lowest BCUT2D eigenvalue weighted by atomic mass is 10.1. The van der Waals surface area contributed by atoms with Gasteiger partial charge in [0.2, 0.25) is 0 Å². The van der Waals surface area contributed by atoms with E-state index < -0.39 is 0 Å². The Morgan fingerprint density at radius 3 is 2.69 bits per heavy atom. The average molecular weight is 371 g/mol. The standard InChI is InChI=1S/C20H23ClN4O/c1-14(2)9-10-22-20(26)19-13-17(18-8-5-11-24(18)3)23-25(19)16-7-4-6-15(21)12-16/h4-8,11-14H,9-10H2,1-3H3,(H,22,26). The van der Waals surface area contributed by atoms with Crippen molar-refractivity contribution in [1.29, 1.82) is 0 Å². The molecule has 2 heterocycles. The first kappa shape index (κ1) is 18.3. The van der Waals surface area contributed by atoms with E-state index in [9.17, 15) is 4.79 Å². The molecule has 0 aliphatic rings. The molecule has 1 N–H and O–H groups in total. The Morgan fingerprint density at radius 2 is 2.04 bits per heavy atom. The van der Waals surface area contributed by atoms with Gasteiger partial charge in [0, 0.05) is 24.8 Å². The Labute approximate surface area is 158 Å². The Balaban J connectivity index is 1.99.